The molecule has 0 saturated heterocycles. The Morgan fingerprint density at radius 2 is 1.75 bits per heavy atom. The Balaban J connectivity index is 2.66. The predicted octanol–water partition coefficient (Wildman–Crippen LogP) is 3.80. The number of aryl methyl sites for hydroxylation is 1. The summed E-state index contributed by atoms with van der Waals surface area (Å²) < 4.78 is 0. The fourth-order valence-electron chi connectivity index (χ4n) is 1.73. The summed E-state index contributed by atoms with van der Waals surface area (Å²) >= 11 is 0. The van der Waals surface area contributed by atoms with Crippen molar-refractivity contribution in [3.8, 4) is 0 Å². The van der Waals surface area contributed by atoms with Crippen molar-refractivity contribution in [1.29, 1.82) is 0 Å². The highest BCUT2D eigenvalue weighted by molar-refractivity contribution is 5.40. The first-order valence-electron chi connectivity index (χ1n) is 6.45. The van der Waals surface area contributed by atoms with Gasteiger partial charge in [0, 0.05) is 19.3 Å². The average molecular weight is 220 g/mol. The molecule has 0 spiro atoms. The number of unbranched alkanes of at least 4 members (excludes halogenated alkanes) is 2. The van der Waals surface area contributed by atoms with Crippen LogP contribution in [-0.2, 0) is 0 Å². The SMILES string of the molecule is CCCCN(CCCC)c1cc(C)ccn1. The van der Waals surface area contributed by atoms with Gasteiger partial charge < -0.3 is 4.90 Å². The zero-order valence-electron chi connectivity index (χ0n) is 10.9. The first kappa shape index (κ1) is 13.0. The van der Waals surface area contributed by atoms with Crippen molar-refractivity contribution in [2.75, 3.05) is 18.0 Å². The minimum atomic E-state index is 1.13. The molecule has 0 aliphatic rings. The van der Waals surface area contributed by atoms with Crippen LogP contribution in [0.5, 0.6) is 0 Å². The van der Waals surface area contributed by atoms with Gasteiger partial charge in [-0.3, -0.25) is 0 Å². The predicted molar refractivity (Wildman–Crippen MR) is 71.0 cm³/mol. The van der Waals surface area contributed by atoms with E-state index >= 15 is 0 Å². The zero-order chi connectivity index (χ0) is 11.8. The smallest absolute Gasteiger partial charge is 0.128 e. The van der Waals surface area contributed by atoms with Crippen molar-refractivity contribution in [2.24, 2.45) is 0 Å². The van der Waals surface area contributed by atoms with Gasteiger partial charge in [0.05, 0.1) is 0 Å². The van der Waals surface area contributed by atoms with E-state index < -0.39 is 0 Å². The van der Waals surface area contributed by atoms with Gasteiger partial charge >= 0.3 is 0 Å². The molecular weight excluding hydrogens is 196 g/mol. The standard InChI is InChI=1S/C14H24N2/c1-4-6-10-16(11-7-5-2)14-12-13(3)8-9-15-14/h8-9,12H,4-7,10-11H2,1-3H3. The first-order valence-corrected chi connectivity index (χ1v) is 6.45. The van der Waals surface area contributed by atoms with Gasteiger partial charge in [-0.15, -0.1) is 0 Å². The van der Waals surface area contributed by atoms with E-state index in [0.717, 1.165) is 18.9 Å². The first-order chi connectivity index (χ1) is 7.77. The summed E-state index contributed by atoms with van der Waals surface area (Å²) in [6.45, 7) is 8.87. The van der Waals surface area contributed by atoms with Crippen LogP contribution in [0, 0.1) is 6.92 Å². The lowest BCUT2D eigenvalue weighted by Crippen LogP contribution is -2.26. The molecule has 1 aromatic rings. The molecule has 0 aromatic carbocycles. The second-order valence-electron chi connectivity index (χ2n) is 4.39. The van der Waals surface area contributed by atoms with Gasteiger partial charge in [-0.2, -0.15) is 0 Å². The Bertz CT molecular complexity index is 289. The van der Waals surface area contributed by atoms with E-state index in [0.29, 0.717) is 0 Å². The van der Waals surface area contributed by atoms with Crippen LogP contribution in [0.1, 0.15) is 45.1 Å². The number of hydrogen-bond acceptors (Lipinski definition) is 2. The van der Waals surface area contributed by atoms with E-state index in [-0.39, 0.29) is 0 Å². The molecule has 0 unspecified atom stereocenters. The fourth-order valence-corrected chi connectivity index (χ4v) is 1.73. The van der Waals surface area contributed by atoms with E-state index in [9.17, 15) is 0 Å². The number of rotatable bonds is 7. The van der Waals surface area contributed by atoms with Gasteiger partial charge in [-0.1, -0.05) is 26.7 Å². The van der Waals surface area contributed by atoms with Crippen LogP contribution in [0.2, 0.25) is 0 Å². The number of nitrogens with zero attached hydrogens (tertiary/aromatic N) is 2. The summed E-state index contributed by atoms with van der Waals surface area (Å²) in [7, 11) is 0. The molecule has 0 aliphatic carbocycles. The highest BCUT2D eigenvalue weighted by Gasteiger charge is 2.06. The monoisotopic (exact) mass is 220 g/mol. The largest absolute Gasteiger partial charge is 0.357 e. The number of anilines is 1. The third kappa shape index (κ3) is 4.21. The maximum absolute atomic E-state index is 4.47. The molecule has 0 fully saturated rings. The van der Waals surface area contributed by atoms with E-state index in [2.05, 4.69) is 42.8 Å². The molecule has 0 atom stereocenters. The Labute approximate surface area is 99.7 Å². The van der Waals surface area contributed by atoms with Crippen LogP contribution in [-0.4, -0.2) is 18.1 Å². The quantitative estimate of drug-likeness (QED) is 0.695. The highest BCUT2D eigenvalue weighted by Crippen LogP contribution is 2.14. The minimum Gasteiger partial charge on any atom is -0.357 e. The third-order valence-corrected chi connectivity index (χ3v) is 2.79. The Morgan fingerprint density at radius 3 is 2.25 bits per heavy atom. The fraction of sp³-hybridized carbons (Fsp3) is 0.643. The molecule has 16 heavy (non-hydrogen) atoms. The number of aromatic nitrogens is 1. The van der Waals surface area contributed by atoms with Crippen molar-refractivity contribution in [3.63, 3.8) is 0 Å². The topological polar surface area (TPSA) is 16.1 Å². The third-order valence-electron chi connectivity index (χ3n) is 2.79. The molecule has 90 valence electrons. The zero-order valence-corrected chi connectivity index (χ0v) is 10.9. The van der Waals surface area contributed by atoms with Crippen molar-refractivity contribution >= 4 is 5.82 Å². The van der Waals surface area contributed by atoms with Crippen LogP contribution < -0.4 is 4.90 Å². The van der Waals surface area contributed by atoms with Gasteiger partial charge in [0.2, 0.25) is 0 Å². The van der Waals surface area contributed by atoms with Crippen LogP contribution in [0.15, 0.2) is 18.3 Å². The lowest BCUT2D eigenvalue weighted by atomic mass is 10.2. The molecule has 2 nitrogen and oxygen atoms in total. The normalized spacial score (nSPS) is 10.4. The molecule has 0 bridgehead atoms. The van der Waals surface area contributed by atoms with Crippen LogP contribution in [0.25, 0.3) is 0 Å². The Kier molecular flexibility index (Phi) is 5.91. The summed E-state index contributed by atoms with van der Waals surface area (Å²) in [5, 5.41) is 0. The summed E-state index contributed by atoms with van der Waals surface area (Å²) in [6.07, 6.45) is 6.90. The lowest BCUT2D eigenvalue weighted by Gasteiger charge is -2.23. The summed E-state index contributed by atoms with van der Waals surface area (Å²) in [5.41, 5.74) is 1.29. The van der Waals surface area contributed by atoms with E-state index in [1.165, 1.54) is 31.2 Å². The molecule has 0 radical (unpaired) electrons. The van der Waals surface area contributed by atoms with Crippen LogP contribution in [0.3, 0.4) is 0 Å². The number of pyridine rings is 1. The molecule has 1 rings (SSSR count). The van der Waals surface area contributed by atoms with Gasteiger partial charge in [0.25, 0.3) is 0 Å². The molecule has 0 aliphatic heterocycles. The molecule has 0 saturated carbocycles. The Morgan fingerprint density at radius 1 is 1.12 bits per heavy atom. The average Bonchev–Trinajstić information content (AvgIpc) is 2.29. The van der Waals surface area contributed by atoms with Crippen molar-refractivity contribution in [2.45, 2.75) is 46.5 Å². The molecule has 1 heterocycles. The van der Waals surface area contributed by atoms with E-state index in [1.54, 1.807) is 0 Å². The van der Waals surface area contributed by atoms with Gasteiger partial charge in [0.15, 0.2) is 0 Å². The molecule has 1 aromatic heterocycles. The second kappa shape index (κ2) is 7.26. The van der Waals surface area contributed by atoms with Gasteiger partial charge in [-0.05, 0) is 37.5 Å². The van der Waals surface area contributed by atoms with E-state index in [4.69, 9.17) is 0 Å². The number of hydrogen-bond donors (Lipinski definition) is 0. The minimum absolute atomic E-state index is 1.13. The maximum Gasteiger partial charge on any atom is 0.128 e. The van der Waals surface area contributed by atoms with Crippen molar-refractivity contribution in [1.82, 2.24) is 4.98 Å². The molecule has 2 heteroatoms. The van der Waals surface area contributed by atoms with Crippen molar-refractivity contribution in [3.05, 3.63) is 23.9 Å². The Hall–Kier alpha value is -1.05. The van der Waals surface area contributed by atoms with Gasteiger partial charge in [-0.25, -0.2) is 4.98 Å². The van der Waals surface area contributed by atoms with Crippen LogP contribution >= 0.6 is 0 Å². The highest BCUT2D eigenvalue weighted by atomic mass is 15.2. The molecule has 0 amide bonds. The van der Waals surface area contributed by atoms with E-state index in [1.807, 2.05) is 6.20 Å². The summed E-state index contributed by atoms with van der Waals surface area (Å²) in [4.78, 5) is 6.89. The van der Waals surface area contributed by atoms with Crippen molar-refractivity contribution < 1.29 is 0 Å². The summed E-state index contributed by atoms with van der Waals surface area (Å²) in [5.74, 6) is 1.14. The lowest BCUT2D eigenvalue weighted by molar-refractivity contribution is 0.671. The second-order valence-corrected chi connectivity index (χ2v) is 4.39. The molecule has 0 N–H and O–H groups in total. The van der Waals surface area contributed by atoms with Crippen LogP contribution in [0.4, 0.5) is 5.82 Å². The molecular formula is C14H24N2. The summed E-state index contributed by atoms with van der Waals surface area (Å²) in [6, 6.07) is 4.24. The van der Waals surface area contributed by atoms with Gasteiger partial charge in [0.1, 0.15) is 5.82 Å². The maximum atomic E-state index is 4.47.